The summed E-state index contributed by atoms with van der Waals surface area (Å²) in [6, 6.07) is 3.97. The molecule has 2 aromatic rings. The maximum atomic E-state index is 13.1. The fraction of sp³-hybridized carbons (Fsp3) is 0.167. The standard InChI is InChI=1S/C12H12FN3O2/c1-7(17)10-4-9(13)2-3-11(10)16-6-8(5-15-16)12(14)18/h2-7,17H,1H3,(H2,14,18)/t7-/m0/s1. The molecular weight excluding hydrogens is 237 g/mol. The third kappa shape index (κ3) is 2.23. The van der Waals surface area contributed by atoms with Crippen LogP contribution in [0, 0.1) is 5.82 Å². The van der Waals surface area contributed by atoms with Crippen molar-refractivity contribution in [2.75, 3.05) is 0 Å². The van der Waals surface area contributed by atoms with Gasteiger partial charge in [-0.2, -0.15) is 5.10 Å². The molecule has 6 heteroatoms. The number of rotatable bonds is 3. The first-order valence-electron chi connectivity index (χ1n) is 5.31. The van der Waals surface area contributed by atoms with Crippen molar-refractivity contribution in [1.29, 1.82) is 0 Å². The number of primary amides is 1. The van der Waals surface area contributed by atoms with Gasteiger partial charge in [0.1, 0.15) is 5.82 Å². The Morgan fingerprint density at radius 1 is 1.56 bits per heavy atom. The van der Waals surface area contributed by atoms with Crippen LogP contribution in [0.4, 0.5) is 4.39 Å². The summed E-state index contributed by atoms with van der Waals surface area (Å²) >= 11 is 0. The van der Waals surface area contributed by atoms with Crippen LogP contribution in [0.1, 0.15) is 28.9 Å². The first-order chi connectivity index (χ1) is 8.49. The van der Waals surface area contributed by atoms with Crippen LogP contribution >= 0.6 is 0 Å². The van der Waals surface area contributed by atoms with Crippen LogP contribution in [0.25, 0.3) is 5.69 Å². The van der Waals surface area contributed by atoms with Crippen molar-refractivity contribution >= 4 is 5.91 Å². The van der Waals surface area contributed by atoms with Crippen molar-refractivity contribution < 1.29 is 14.3 Å². The number of aromatic nitrogens is 2. The zero-order valence-corrected chi connectivity index (χ0v) is 9.67. The molecule has 5 nitrogen and oxygen atoms in total. The molecule has 0 saturated carbocycles. The Balaban J connectivity index is 2.52. The Kier molecular flexibility index (Phi) is 3.12. The fourth-order valence-corrected chi connectivity index (χ4v) is 1.65. The summed E-state index contributed by atoms with van der Waals surface area (Å²) in [5.41, 5.74) is 6.25. The van der Waals surface area contributed by atoms with E-state index in [0.29, 0.717) is 11.3 Å². The van der Waals surface area contributed by atoms with E-state index in [0.717, 1.165) is 0 Å². The zero-order valence-electron chi connectivity index (χ0n) is 9.67. The van der Waals surface area contributed by atoms with Gasteiger partial charge in [-0.15, -0.1) is 0 Å². The summed E-state index contributed by atoms with van der Waals surface area (Å²) in [6.45, 7) is 1.52. The lowest BCUT2D eigenvalue weighted by molar-refractivity contribution is 0.100. The Labute approximate surface area is 103 Å². The number of halogens is 1. The number of hydrogen-bond donors (Lipinski definition) is 2. The molecule has 2 rings (SSSR count). The van der Waals surface area contributed by atoms with E-state index in [1.54, 1.807) is 0 Å². The third-order valence-corrected chi connectivity index (χ3v) is 2.55. The van der Waals surface area contributed by atoms with Crippen molar-refractivity contribution in [3.63, 3.8) is 0 Å². The van der Waals surface area contributed by atoms with Crippen LogP contribution in [0.2, 0.25) is 0 Å². The van der Waals surface area contributed by atoms with Crippen LogP contribution in [-0.4, -0.2) is 20.8 Å². The second-order valence-electron chi connectivity index (χ2n) is 3.92. The van der Waals surface area contributed by atoms with Crippen molar-refractivity contribution in [1.82, 2.24) is 9.78 Å². The average Bonchev–Trinajstić information content (AvgIpc) is 2.78. The van der Waals surface area contributed by atoms with E-state index in [1.165, 1.54) is 42.2 Å². The molecule has 1 aromatic heterocycles. The second-order valence-corrected chi connectivity index (χ2v) is 3.92. The van der Waals surface area contributed by atoms with Gasteiger partial charge in [-0.1, -0.05) is 0 Å². The Morgan fingerprint density at radius 2 is 2.28 bits per heavy atom. The van der Waals surface area contributed by atoms with Crippen LogP contribution in [0.3, 0.4) is 0 Å². The quantitative estimate of drug-likeness (QED) is 0.856. The van der Waals surface area contributed by atoms with E-state index in [9.17, 15) is 14.3 Å². The van der Waals surface area contributed by atoms with E-state index in [-0.39, 0.29) is 5.56 Å². The molecule has 0 aliphatic heterocycles. The van der Waals surface area contributed by atoms with Gasteiger partial charge in [0, 0.05) is 11.8 Å². The molecule has 0 unspecified atom stereocenters. The molecule has 0 spiro atoms. The minimum atomic E-state index is -0.850. The molecule has 0 aliphatic carbocycles. The summed E-state index contributed by atoms with van der Waals surface area (Å²) < 4.78 is 14.5. The molecule has 0 saturated heterocycles. The second kappa shape index (κ2) is 4.58. The summed E-state index contributed by atoms with van der Waals surface area (Å²) in [6.07, 6.45) is 1.90. The molecule has 1 amide bonds. The monoisotopic (exact) mass is 249 g/mol. The van der Waals surface area contributed by atoms with Crippen molar-refractivity contribution in [2.24, 2.45) is 5.73 Å². The molecule has 1 atom stereocenters. The SMILES string of the molecule is C[C@H](O)c1cc(F)ccc1-n1cc(C(N)=O)cn1. The lowest BCUT2D eigenvalue weighted by Gasteiger charge is -2.11. The van der Waals surface area contributed by atoms with Gasteiger partial charge < -0.3 is 10.8 Å². The van der Waals surface area contributed by atoms with Gasteiger partial charge in [0.05, 0.1) is 23.6 Å². The van der Waals surface area contributed by atoms with Gasteiger partial charge in [0.25, 0.3) is 5.91 Å². The molecule has 0 radical (unpaired) electrons. The highest BCUT2D eigenvalue weighted by Crippen LogP contribution is 2.22. The minimum absolute atomic E-state index is 0.246. The number of carbonyl (C=O) groups excluding carboxylic acids is 1. The van der Waals surface area contributed by atoms with Crippen LogP contribution in [-0.2, 0) is 0 Å². The van der Waals surface area contributed by atoms with Gasteiger partial charge in [-0.25, -0.2) is 9.07 Å². The molecule has 0 fully saturated rings. The normalized spacial score (nSPS) is 12.4. The van der Waals surface area contributed by atoms with Crippen LogP contribution in [0.5, 0.6) is 0 Å². The molecular formula is C12H12FN3O2. The Bertz CT molecular complexity index is 593. The largest absolute Gasteiger partial charge is 0.389 e. The lowest BCUT2D eigenvalue weighted by Crippen LogP contribution is -2.09. The van der Waals surface area contributed by atoms with Crippen LogP contribution in [0.15, 0.2) is 30.6 Å². The predicted molar refractivity (Wildman–Crippen MR) is 62.7 cm³/mol. The van der Waals surface area contributed by atoms with E-state index < -0.39 is 17.8 Å². The summed E-state index contributed by atoms with van der Waals surface area (Å²) in [5, 5.41) is 13.6. The smallest absolute Gasteiger partial charge is 0.251 e. The number of amides is 1. The molecule has 94 valence electrons. The maximum absolute atomic E-state index is 13.1. The first-order valence-corrected chi connectivity index (χ1v) is 5.31. The molecule has 18 heavy (non-hydrogen) atoms. The number of aliphatic hydroxyl groups excluding tert-OH is 1. The highest BCUT2D eigenvalue weighted by molar-refractivity contribution is 5.92. The third-order valence-electron chi connectivity index (χ3n) is 2.55. The Morgan fingerprint density at radius 3 is 2.83 bits per heavy atom. The minimum Gasteiger partial charge on any atom is -0.389 e. The number of nitrogens with two attached hydrogens (primary N) is 1. The van der Waals surface area contributed by atoms with Gasteiger partial charge >= 0.3 is 0 Å². The summed E-state index contributed by atoms with van der Waals surface area (Å²) in [5.74, 6) is -1.04. The van der Waals surface area contributed by atoms with Crippen molar-refractivity contribution in [2.45, 2.75) is 13.0 Å². The predicted octanol–water partition coefficient (Wildman–Crippen LogP) is 1.16. The van der Waals surface area contributed by atoms with Crippen molar-refractivity contribution in [3.8, 4) is 5.69 Å². The summed E-state index contributed by atoms with van der Waals surface area (Å²) in [7, 11) is 0. The molecule has 1 aromatic carbocycles. The number of carbonyl (C=O) groups is 1. The molecule has 3 N–H and O–H groups in total. The van der Waals surface area contributed by atoms with Gasteiger partial charge in [0.15, 0.2) is 0 Å². The lowest BCUT2D eigenvalue weighted by atomic mass is 10.1. The number of hydrogen-bond acceptors (Lipinski definition) is 3. The molecule has 0 aliphatic rings. The highest BCUT2D eigenvalue weighted by Gasteiger charge is 2.13. The topological polar surface area (TPSA) is 81.1 Å². The molecule has 1 heterocycles. The fourth-order valence-electron chi connectivity index (χ4n) is 1.65. The zero-order chi connectivity index (χ0) is 13.3. The maximum Gasteiger partial charge on any atom is 0.251 e. The number of nitrogens with zero attached hydrogens (tertiary/aromatic N) is 2. The summed E-state index contributed by atoms with van der Waals surface area (Å²) in [4.78, 5) is 11.0. The average molecular weight is 249 g/mol. The van der Waals surface area contributed by atoms with E-state index >= 15 is 0 Å². The molecule has 0 bridgehead atoms. The Hall–Kier alpha value is -2.21. The van der Waals surface area contributed by atoms with E-state index in [2.05, 4.69) is 5.10 Å². The van der Waals surface area contributed by atoms with Gasteiger partial charge in [-0.3, -0.25) is 4.79 Å². The first kappa shape index (κ1) is 12.3. The van der Waals surface area contributed by atoms with Gasteiger partial charge in [0.2, 0.25) is 0 Å². The number of aliphatic hydroxyl groups is 1. The highest BCUT2D eigenvalue weighted by atomic mass is 19.1. The van der Waals surface area contributed by atoms with E-state index in [1.807, 2.05) is 0 Å². The van der Waals surface area contributed by atoms with Crippen molar-refractivity contribution in [3.05, 3.63) is 47.5 Å². The van der Waals surface area contributed by atoms with Gasteiger partial charge in [-0.05, 0) is 25.1 Å². The van der Waals surface area contributed by atoms with Crippen LogP contribution < -0.4 is 5.73 Å². The van der Waals surface area contributed by atoms with E-state index in [4.69, 9.17) is 5.73 Å². The number of benzene rings is 1.